The van der Waals surface area contributed by atoms with Crippen molar-refractivity contribution in [2.45, 2.75) is 6.92 Å². The van der Waals surface area contributed by atoms with Crippen molar-refractivity contribution < 1.29 is 9.13 Å². The number of hydrogen-bond donors (Lipinski definition) is 2. The van der Waals surface area contributed by atoms with Crippen molar-refractivity contribution >= 4 is 17.3 Å². The number of aromatic nitrogens is 2. The highest BCUT2D eigenvalue weighted by Gasteiger charge is 2.11. The smallest absolute Gasteiger partial charge is 0.204 e. The summed E-state index contributed by atoms with van der Waals surface area (Å²) in [6.45, 7) is 2.69. The van der Waals surface area contributed by atoms with Crippen molar-refractivity contribution in [1.29, 1.82) is 0 Å². The van der Waals surface area contributed by atoms with Crippen molar-refractivity contribution in [3.8, 4) is 5.75 Å². The van der Waals surface area contributed by atoms with Crippen molar-refractivity contribution in [3.63, 3.8) is 0 Å². The summed E-state index contributed by atoms with van der Waals surface area (Å²) in [5, 5.41) is 6.15. The molecule has 0 saturated heterocycles. The molecular weight excluding hydrogens is 247 g/mol. The Labute approximate surface area is 110 Å². The molecule has 19 heavy (non-hydrogen) atoms. The normalized spacial score (nSPS) is 10.1. The van der Waals surface area contributed by atoms with E-state index in [4.69, 9.17) is 4.74 Å². The SMILES string of the molecule is CCNc1ncnc(Nc2ccc(F)cc2)c1OC. The van der Waals surface area contributed by atoms with Crippen LogP contribution in [0.3, 0.4) is 0 Å². The fourth-order valence-corrected chi connectivity index (χ4v) is 1.62. The van der Waals surface area contributed by atoms with E-state index in [-0.39, 0.29) is 5.82 Å². The number of methoxy groups -OCH3 is 1. The minimum absolute atomic E-state index is 0.284. The highest BCUT2D eigenvalue weighted by molar-refractivity contribution is 5.69. The molecule has 2 rings (SSSR count). The van der Waals surface area contributed by atoms with Gasteiger partial charge in [-0.2, -0.15) is 0 Å². The van der Waals surface area contributed by atoms with Crippen LogP contribution in [-0.2, 0) is 0 Å². The number of ether oxygens (including phenoxy) is 1. The Hall–Kier alpha value is -2.37. The van der Waals surface area contributed by atoms with Crippen LogP contribution in [-0.4, -0.2) is 23.6 Å². The first-order chi connectivity index (χ1) is 9.24. The highest BCUT2D eigenvalue weighted by Crippen LogP contribution is 2.30. The molecule has 2 N–H and O–H groups in total. The average molecular weight is 262 g/mol. The summed E-state index contributed by atoms with van der Waals surface area (Å²) in [5.74, 6) is 1.38. The first-order valence-electron chi connectivity index (χ1n) is 5.90. The summed E-state index contributed by atoms with van der Waals surface area (Å²) >= 11 is 0. The van der Waals surface area contributed by atoms with Gasteiger partial charge in [-0.1, -0.05) is 0 Å². The first-order valence-corrected chi connectivity index (χ1v) is 5.90. The molecule has 0 aliphatic rings. The molecule has 0 spiro atoms. The van der Waals surface area contributed by atoms with Crippen LogP contribution in [0.15, 0.2) is 30.6 Å². The fraction of sp³-hybridized carbons (Fsp3) is 0.231. The van der Waals surface area contributed by atoms with E-state index in [1.165, 1.54) is 18.5 Å². The van der Waals surface area contributed by atoms with E-state index in [2.05, 4.69) is 20.6 Å². The average Bonchev–Trinajstić information content (AvgIpc) is 2.42. The van der Waals surface area contributed by atoms with Gasteiger partial charge in [-0.3, -0.25) is 0 Å². The number of hydrogen-bond acceptors (Lipinski definition) is 5. The second-order valence-electron chi connectivity index (χ2n) is 3.77. The fourth-order valence-electron chi connectivity index (χ4n) is 1.62. The van der Waals surface area contributed by atoms with Gasteiger partial charge in [0.1, 0.15) is 12.1 Å². The van der Waals surface area contributed by atoms with Crippen molar-refractivity contribution in [2.24, 2.45) is 0 Å². The van der Waals surface area contributed by atoms with Gasteiger partial charge < -0.3 is 15.4 Å². The van der Waals surface area contributed by atoms with Crippen LogP contribution in [0.2, 0.25) is 0 Å². The Kier molecular flexibility index (Phi) is 4.12. The largest absolute Gasteiger partial charge is 0.490 e. The van der Waals surface area contributed by atoms with Crippen LogP contribution in [0.25, 0.3) is 0 Å². The van der Waals surface area contributed by atoms with Crippen LogP contribution >= 0.6 is 0 Å². The number of rotatable bonds is 5. The molecule has 0 fully saturated rings. The van der Waals surface area contributed by atoms with E-state index in [1.54, 1.807) is 19.2 Å². The Morgan fingerprint density at radius 3 is 2.47 bits per heavy atom. The molecule has 0 aliphatic carbocycles. The quantitative estimate of drug-likeness (QED) is 0.867. The second-order valence-corrected chi connectivity index (χ2v) is 3.77. The molecule has 1 heterocycles. The summed E-state index contributed by atoms with van der Waals surface area (Å²) in [5.41, 5.74) is 0.723. The zero-order valence-corrected chi connectivity index (χ0v) is 10.8. The maximum absolute atomic E-state index is 12.8. The van der Waals surface area contributed by atoms with E-state index < -0.39 is 0 Å². The number of nitrogens with one attached hydrogen (secondary N) is 2. The van der Waals surface area contributed by atoms with Crippen LogP contribution < -0.4 is 15.4 Å². The van der Waals surface area contributed by atoms with Gasteiger partial charge in [0.05, 0.1) is 7.11 Å². The summed E-state index contributed by atoms with van der Waals surface area (Å²) in [4.78, 5) is 8.24. The van der Waals surface area contributed by atoms with Crippen LogP contribution in [0.4, 0.5) is 21.7 Å². The molecule has 6 heteroatoms. The molecule has 1 aromatic heterocycles. The Bertz CT molecular complexity index is 545. The van der Waals surface area contributed by atoms with E-state index in [9.17, 15) is 4.39 Å². The van der Waals surface area contributed by atoms with Gasteiger partial charge in [-0.25, -0.2) is 14.4 Å². The highest BCUT2D eigenvalue weighted by atomic mass is 19.1. The van der Waals surface area contributed by atoms with Gasteiger partial charge in [-0.05, 0) is 31.2 Å². The number of nitrogens with zero attached hydrogens (tertiary/aromatic N) is 2. The minimum atomic E-state index is -0.284. The molecule has 5 nitrogen and oxygen atoms in total. The van der Waals surface area contributed by atoms with Crippen molar-refractivity contribution in [3.05, 3.63) is 36.4 Å². The molecule has 1 aromatic carbocycles. The predicted molar refractivity (Wildman–Crippen MR) is 72.4 cm³/mol. The molecule has 0 atom stereocenters. The molecule has 0 unspecified atom stereocenters. The topological polar surface area (TPSA) is 59.1 Å². The third-order valence-corrected chi connectivity index (χ3v) is 2.46. The lowest BCUT2D eigenvalue weighted by atomic mass is 10.3. The van der Waals surface area contributed by atoms with Crippen LogP contribution in [0.5, 0.6) is 5.75 Å². The Morgan fingerprint density at radius 1 is 1.16 bits per heavy atom. The van der Waals surface area contributed by atoms with Crippen LogP contribution in [0.1, 0.15) is 6.92 Å². The summed E-state index contributed by atoms with van der Waals surface area (Å²) in [7, 11) is 1.55. The van der Waals surface area contributed by atoms with E-state index in [1.807, 2.05) is 6.92 Å². The van der Waals surface area contributed by atoms with Crippen LogP contribution in [0, 0.1) is 5.82 Å². The number of benzene rings is 1. The first kappa shape index (κ1) is 13.1. The molecule has 0 bridgehead atoms. The maximum Gasteiger partial charge on any atom is 0.204 e. The lowest BCUT2D eigenvalue weighted by Gasteiger charge is -2.13. The van der Waals surface area contributed by atoms with E-state index >= 15 is 0 Å². The molecule has 0 radical (unpaired) electrons. The molecule has 100 valence electrons. The second kappa shape index (κ2) is 5.99. The Balaban J connectivity index is 2.28. The third-order valence-electron chi connectivity index (χ3n) is 2.46. The molecule has 2 aromatic rings. The van der Waals surface area contributed by atoms with Gasteiger partial charge >= 0.3 is 0 Å². The predicted octanol–water partition coefficient (Wildman–Crippen LogP) is 2.80. The summed E-state index contributed by atoms with van der Waals surface area (Å²) < 4.78 is 18.1. The monoisotopic (exact) mass is 262 g/mol. The third kappa shape index (κ3) is 3.09. The van der Waals surface area contributed by atoms with E-state index in [0.717, 1.165) is 12.2 Å². The lowest BCUT2D eigenvalue weighted by Crippen LogP contribution is -2.05. The van der Waals surface area contributed by atoms with Crippen molar-refractivity contribution in [1.82, 2.24) is 9.97 Å². The molecular formula is C13H15FN4O. The summed E-state index contributed by atoms with van der Waals surface area (Å²) in [6.07, 6.45) is 1.44. The summed E-state index contributed by atoms with van der Waals surface area (Å²) in [6, 6.07) is 6.01. The standard InChI is InChI=1S/C13H15FN4O/c1-3-15-12-11(19-2)13(17-8-16-12)18-10-6-4-9(14)5-7-10/h4-8H,3H2,1-2H3,(H2,15,16,17,18). The van der Waals surface area contributed by atoms with Gasteiger partial charge in [0, 0.05) is 12.2 Å². The van der Waals surface area contributed by atoms with Gasteiger partial charge in [0.15, 0.2) is 11.6 Å². The zero-order valence-electron chi connectivity index (χ0n) is 10.8. The maximum atomic E-state index is 12.8. The molecule has 0 amide bonds. The lowest BCUT2D eigenvalue weighted by molar-refractivity contribution is 0.415. The Morgan fingerprint density at radius 2 is 1.84 bits per heavy atom. The van der Waals surface area contributed by atoms with E-state index in [0.29, 0.717) is 17.4 Å². The van der Waals surface area contributed by atoms with Gasteiger partial charge in [0.2, 0.25) is 5.75 Å². The van der Waals surface area contributed by atoms with Gasteiger partial charge in [0.25, 0.3) is 0 Å². The molecule has 0 saturated carbocycles. The number of halogens is 1. The zero-order chi connectivity index (χ0) is 13.7. The number of anilines is 3. The van der Waals surface area contributed by atoms with Crippen molar-refractivity contribution in [2.75, 3.05) is 24.3 Å². The minimum Gasteiger partial charge on any atom is -0.490 e. The molecule has 0 aliphatic heterocycles. The van der Waals surface area contributed by atoms with Gasteiger partial charge in [-0.15, -0.1) is 0 Å².